The van der Waals surface area contributed by atoms with Gasteiger partial charge in [-0.1, -0.05) is 0 Å². The topological polar surface area (TPSA) is 38.3 Å². The van der Waals surface area contributed by atoms with Gasteiger partial charge in [-0.15, -0.1) is 0 Å². The molecule has 1 N–H and O–H groups in total. The van der Waals surface area contributed by atoms with Crippen LogP contribution in [0, 0.1) is 0 Å². The molecule has 1 aliphatic rings. The van der Waals surface area contributed by atoms with Crippen molar-refractivity contribution < 1.29 is 9.53 Å². The quantitative estimate of drug-likeness (QED) is 0.516. The average molecular weight is 128 g/mol. The van der Waals surface area contributed by atoms with Gasteiger partial charge in [0.15, 0.2) is 0 Å². The predicted molar refractivity (Wildman–Crippen MR) is 32.9 cm³/mol. The summed E-state index contributed by atoms with van der Waals surface area (Å²) in [5.74, 6) is 0. The molecule has 51 valence electrons. The molecule has 3 heteroatoms. The first-order chi connectivity index (χ1) is 4.43. The highest BCUT2D eigenvalue weighted by molar-refractivity contribution is 5.57. The van der Waals surface area contributed by atoms with Crippen molar-refractivity contribution in [1.82, 2.24) is 5.32 Å². The van der Waals surface area contributed by atoms with Crippen molar-refractivity contribution in [2.24, 2.45) is 0 Å². The minimum absolute atomic E-state index is 0.340. The Morgan fingerprint density at radius 1 is 1.67 bits per heavy atom. The fraction of sp³-hybridized carbons (Fsp3) is 0.833. The molecule has 0 spiro atoms. The summed E-state index contributed by atoms with van der Waals surface area (Å²) in [4.78, 5) is 10.0. The maximum atomic E-state index is 10.0. The van der Waals surface area contributed by atoms with Crippen molar-refractivity contribution in [3.05, 3.63) is 0 Å². The lowest BCUT2D eigenvalue weighted by molar-refractivity contribution is 0.110. The Balaban J connectivity index is 2.26. The monoisotopic (exact) mass is 128 g/mol. The first-order valence-corrected chi connectivity index (χ1v) is 3.13. The second-order valence-corrected chi connectivity index (χ2v) is 2.03. The lowest BCUT2D eigenvalue weighted by atomic mass is 10.4. The van der Waals surface area contributed by atoms with Crippen molar-refractivity contribution in [1.29, 1.82) is 0 Å². The van der Waals surface area contributed by atoms with E-state index in [9.17, 15) is 4.79 Å². The van der Waals surface area contributed by atoms with E-state index in [1.807, 2.05) is 6.29 Å². The molecule has 1 aliphatic heterocycles. The van der Waals surface area contributed by atoms with Gasteiger partial charge >= 0.3 is 0 Å². The van der Waals surface area contributed by atoms with Crippen LogP contribution in [-0.2, 0) is 9.53 Å². The summed E-state index contributed by atoms with van der Waals surface area (Å²) in [6, 6.07) is 0. The van der Waals surface area contributed by atoms with E-state index in [1.54, 1.807) is 0 Å². The second kappa shape index (κ2) is 3.58. The van der Waals surface area contributed by atoms with Crippen LogP contribution in [-0.4, -0.2) is 32.1 Å². The molecule has 0 aromatic carbocycles. The highest BCUT2D eigenvalue weighted by Gasteiger charge is 2.10. The van der Waals surface area contributed by atoms with E-state index in [2.05, 4.69) is 5.32 Å². The normalized spacial score (nSPS) is 29.1. The van der Waals surface area contributed by atoms with Gasteiger partial charge in [0.05, 0.1) is 0 Å². The van der Waals surface area contributed by atoms with Crippen LogP contribution in [0.5, 0.6) is 0 Å². The molecule has 3 nitrogen and oxygen atoms in total. The van der Waals surface area contributed by atoms with Crippen LogP contribution in [0.15, 0.2) is 0 Å². The summed E-state index contributed by atoms with van der Waals surface area (Å²) in [5, 5.41) is 3.06. The molecular weight excluding hydrogens is 118 g/mol. The summed E-state index contributed by atoms with van der Waals surface area (Å²) < 4.78 is 5.07. The Labute approximate surface area is 54.4 Å². The Bertz CT molecular complexity index is 87.1. The van der Waals surface area contributed by atoms with E-state index in [0.29, 0.717) is 13.2 Å². The van der Waals surface area contributed by atoms with Crippen LogP contribution in [0.4, 0.5) is 0 Å². The van der Waals surface area contributed by atoms with Crippen molar-refractivity contribution >= 4 is 6.29 Å². The SMILES string of the molecule is O=[C]C1CNCCCO1. The molecule has 0 bridgehead atoms. The maximum absolute atomic E-state index is 10.0. The lowest BCUT2D eigenvalue weighted by Gasteiger charge is -2.03. The number of carbonyl (C=O) groups excluding carboxylic acids is 1. The highest BCUT2D eigenvalue weighted by Crippen LogP contribution is 1.92. The van der Waals surface area contributed by atoms with E-state index < -0.39 is 0 Å². The molecule has 1 fully saturated rings. The van der Waals surface area contributed by atoms with E-state index in [-0.39, 0.29) is 6.10 Å². The second-order valence-electron chi connectivity index (χ2n) is 2.03. The largest absolute Gasteiger partial charge is 0.369 e. The average Bonchev–Trinajstić information content (AvgIpc) is 2.13. The molecule has 0 aliphatic carbocycles. The summed E-state index contributed by atoms with van der Waals surface area (Å²) in [6.07, 6.45) is 2.45. The van der Waals surface area contributed by atoms with Gasteiger partial charge in [0.25, 0.3) is 0 Å². The predicted octanol–water partition coefficient (Wildman–Crippen LogP) is -0.525. The van der Waals surface area contributed by atoms with Gasteiger partial charge in [-0.25, -0.2) is 0 Å². The standard InChI is InChI=1S/C6H10NO2/c8-5-6-4-7-2-1-3-9-6/h6-7H,1-4H2. The molecule has 9 heavy (non-hydrogen) atoms. The molecule has 0 amide bonds. The zero-order valence-electron chi connectivity index (χ0n) is 5.22. The van der Waals surface area contributed by atoms with Crippen molar-refractivity contribution in [3.63, 3.8) is 0 Å². The molecule has 1 saturated heterocycles. The fourth-order valence-corrected chi connectivity index (χ4v) is 0.791. The zero-order valence-corrected chi connectivity index (χ0v) is 5.22. The number of nitrogens with one attached hydrogen (secondary N) is 1. The highest BCUT2D eigenvalue weighted by atomic mass is 16.5. The van der Waals surface area contributed by atoms with Crippen LogP contribution in [0.25, 0.3) is 0 Å². The first kappa shape index (κ1) is 6.71. The zero-order chi connectivity index (χ0) is 6.53. The van der Waals surface area contributed by atoms with E-state index in [0.717, 1.165) is 13.0 Å². The molecule has 1 unspecified atom stereocenters. The molecule has 1 radical (unpaired) electrons. The molecule has 1 heterocycles. The van der Waals surface area contributed by atoms with Crippen LogP contribution in [0.3, 0.4) is 0 Å². The van der Waals surface area contributed by atoms with Crippen molar-refractivity contribution in [3.8, 4) is 0 Å². The Kier molecular flexibility index (Phi) is 2.67. The first-order valence-electron chi connectivity index (χ1n) is 3.13. The van der Waals surface area contributed by atoms with Crippen molar-refractivity contribution in [2.75, 3.05) is 19.7 Å². The Morgan fingerprint density at radius 2 is 2.56 bits per heavy atom. The fourth-order valence-electron chi connectivity index (χ4n) is 0.791. The summed E-state index contributed by atoms with van der Waals surface area (Å²) >= 11 is 0. The van der Waals surface area contributed by atoms with Gasteiger partial charge < -0.3 is 10.1 Å². The van der Waals surface area contributed by atoms with E-state index in [1.165, 1.54) is 0 Å². The van der Waals surface area contributed by atoms with Gasteiger partial charge in [-0.3, -0.25) is 4.79 Å². The third-order valence-corrected chi connectivity index (χ3v) is 1.28. The molecule has 0 aromatic heterocycles. The molecular formula is C6H10NO2. The molecule has 0 aromatic rings. The molecule has 1 rings (SSSR count). The third-order valence-electron chi connectivity index (χ3n) is 1.28. The number of ether oxygens (including phenoxy) is 1. The minimum Gasteiger partial charge on any atom is -0.369 e. The van der Waals surface area contributed by atoms with Gasteiger partial charge in [-0.05, 0) is 13.0 Å². The maximum Gasteiger partial charge on any atom is 0.231 e. The summed E-state index contributed by atoms with van der Waals surface area (Å²) in [6.45, 7) is 2.23. The van der Waals surface area contributed by atoms with Crippen LogP contribution < -0.4 is 5.32 Å². The summed E-state index contributed by atoms with van der Waals surface area (Å²) in [5.41, 5.74) is 0. The van der Waals surface area contributed by atoms with Gasteiger partial charge in [0, 0.05) is 13.2 Å². The number of rotatable bonds is 1. The smallest absolute Gasteiger partial charge is 0.231 e. The van der Waals surface area contributed by atoms with Crippen LogP contribution in [0.1, 0.15) is 6.42 Å². The summed E-state index contributed by atoms with van der Waals surface area (Å²) in [7, 11) is 0. The minimum atomic E-state index is -0.340. The van der Waals surface area contributed by atoms with E-state index >= 15 is 0 Å². The molecule has 0 saturated carbocycles. The lowest BCUT2D eigenvalue weighted by Crippen LogP contribution is -2.26. The number of hydrogen-bond acceptors (Lipinski definition) is 3. The van der Waals surface area contributed by atoms with Crippen LogP contribution in [0.2, 0.25) is 0 Å². The number of hydrogen-bond donors (Lipinski definition) is 1. The van der Waals surface area contributed by atoms with Gasteiger partial charge in [0.1, 0.15) is 6.10 Å². The Morgan fingerprint density at radius 3 is 3.33 bits per heavy atom. The van der Waals surface area contributed by atoms with Crippen molar-refractivity contribution in [2.45, 2.75) is 12.5 Å². The van der Waals surface area contributed by atoms with Crippen LogP contribution >= 0.6 is 0 Å². The van der Waals surface area contributed by atoms with E-state index in [4.69, 9.17) is 4.74 Å². The third kappa shape index (κ3) is 2.11. The molecule has 1 atom stereocenters. The Hall–Kier alpha value is -0.410. The van der Waals surface area contributed by atoms with Gasteiger partial charge in [-0.2, -0.15) is 0 Å². The van der Waals surface area contributed by atoms with Gasteiger partial charge in [0.2, 0.25) is 6.29 Å².